The first-order chi connectivity index (χ1) is 6.93. The Bertz CT molecular complexity index is 552. The maximum Gasteiger partial charge on any atom is 0.0970 e. The van der Waals surface area contributed by atoms with Crippen molar-refractivity contribution in [1.29, 1.82) is 0 Å². The van der Waals surface area contributed by atoms with Crippen LogP contribution in [0.25, 0.3) is 0 Å². The zero-order chi connectivity index (χ0) is 9.38. The fourth-order valence-corrected chi connectivity index (χ4v) is 1.53. The van der Waals surface area contributed by atoms with Crippen molar-refractivity contribution in [1.82, 2.24) is 5.32 Å². The second kappa shape index (κ2) is 2.80. The molecule has 0 saturated carbocycles. The highest BCUT2D eigenvalue weighted by molar-refractivity contribution is 5.34. The Hall–Kier alpha value is -1.90. The quantitative estimate of drug-likeness (QED) is 0.605. The molecular weight excluding hydrogens is 174 g/mol. The Balaban J connectivity index is 2.35. The molecule has 0 bridgehead atoms. The van der Waals surface area contributed by atoms with E-state index < -0.39 is 0 Å². The van der Waals surface area contributed by atoms with Crippen LogP contribution in [0.2, 0.25) is 0 Å². The van der Waals surface area contributed by atoms with E-state index in [1.165, 1.54) is 0 Å². The maximum absolute atomic E-state index is 4.51. The number of rotatable bonds is 0. The van der Waals surface area contributed by atoms with Gasteiger partial charge in [0.05, 0.1) is 22.6 Å². The molecule has 1 aromatic rings. The summed E-state index contributed by atoms with van der Waals surface area (Å²) in [7, 11) is 0. The van der Waals surface area contributed by atoms with Crippen molar-refractivity contribution < 1.29 is 0 Å². The second-order valence-corrected chi connectivity index (χ2v) is 3.21. The molecule has 2 heterocycles. The van der Waals surface area contributed by atoms with Gasteiger partial charge in [0.2, 0.25) is 0 Å². The lowest BCUT2D eigenvalue weighted by atomic mass is 10.2. The van der Waals surface area contributed by atoms with Crippen molar-refractivity contribution >= 4 is 0 Å². The Labute approximate surface area is 81.2 Å². The minimum atomic E-state index is 0.774. The highest BCUT2D eigenvalue weighted by Crippen LogP contribution is 2.14. The molecule has 1 aromatic carbocycles. The van der Waals surface area contributed by atoms with Gasteiger partial charge in [-0.1, -0.05) is 12.1 Å². The number of fused-ring (bicyclic) bond motifs is 2. The lowest BCUT2D eigenvalue weighted by Gasteiger charge is -1.91. The number of benzene rings is 1. The number of nitrogens with one attached hydrogen (secondary N) is 1. The lowest BCUT2D eigenvalue weighted by molar-refractivity contribution is 0.996. The molecule has 67 valence electrons. The Morgan fingerprint density at radius 3 is 3.00 bits per heavy atom. The van der Waals surface area contributed by atoms with Crippen LogP contribution in [-0.2, 0) is 0 Å². The van der Waals surface area contributed by atoms with Crippen LogP contribution in [0.15, 0.2) is 51.7 Å². The molecule has 2 aliphatic rings. The fraction of sp³-hybridized carbons (Fsp3) is 0.0909. The van der Waals surface area contributed by atoms with Crippen LogP contribution < -0.4 is 16.0 Å². The molecular formula is C11H8N3. The molecule has 0 aliphatic carbocycles. The summed E-state index contributed by atoms with van der Waals surface area (Å²) in [5.74, 6) is 0. The van der Waals surface area contributed by atoms with Crippen molar-refractivity contribution in [2.45, 2.75) is 0 Å². The third kappa shape index (κ3) is 1.06. The normalized spacial score (nSPS) is 17.4. The Kier molecular flexibility index (Phi) is 1.50. The minimum absolute atomic E-state index is 0.774. The third-order valence-electron chi connectivity index (χ3n) is 2.26. The largest absolute Gasteiger partial charge is 0.385 e. The summed E-state index contributed by atoms with van der Waals surface area (Å²) in [4.78, 5) is 8.77. The number of nitrogens with zero attached hydrogens (tertiary/aromatic N) is 2. The molecule has 2 aliphatic heterocycles. The summed E-state index contributed by atoms with van der Waals surface area (Å²) in [6.07, 6.45) is 4.92. The van der Waals surface area contributed by atoms with Crippen LogP contribution in [0.1, 0.15) is 0 Å². The molecule has 3 heteroatoms. The molecule has 0 aromatic heterocycles. The zero-order valence-electron chi connectivity index (χ0n) is 7.49. The number of para-hydroxylation sites is 2. The van der Waals surface area contributed by atoms with Crippen molar-refractivity contribution in [2.24, 2.45) is 9.98 Å². The van der Waals surface area contributed by atoms with Gasteiger partial charge in [0.1, 0.15) is 0 Å². The van der Waals surface area contributed by atoms with Gasteiger partial charge in [-0.05, 0) is 12.1 Å². The van der Waals surface area contributed by atoms with E-state index in [0.717, 1.165) is 28.5 Å². The molecule has 0 amide bonds. The first kappa shape index (κ1) is 7.50. The van der Waals surface area contributed by atoms with Crippen molar-refractivity contribution in [3.63, 3.8) is 0 Å². The Morgan fingerprint density at radius 2 is 2.07 bits per heavy atom. The van der Waals surface area contributed by atoms with Crippen LogP contribution in [-0.4, -0.2) is 6.54 Å². The second-order valence-electron chi connectivity index (χ2n) is 3.21. The van der Waals surface area contributed by atoms with Gasteiger partial charge in [-0.3, -0.25) is 0 Å². The van der Waals surface area contributed by atoms with E-state index in [-0.39, 0.29) is 0 Å². The van der Waals surface area contributed by atoms with E-state index in [4.69, 9.17) is 0 Å². The minimum Gasteiger partial charge on any atom is -0.385 e. The topological polar surface area (TPSA) is 36.8 Å². The average molecular weight is 182 g/mol. The molecule has 3 rings (SSSR count). The zero-order valence-corrected chi connectivity index (χ0v) is 7.49. The molecule has 0 spiro atoms. The van der Waals surface area contributed by atoms with Gasteiger partial charge in [0.15, 0.2) is 0 Å². The van der Waals surface area contributed by atoms with Gasteiger partial charge in [0.25, 0.3) is 0 Å². The summed E-state index contributed by atoms with van der Waals surface area (Å²) in [5, 5.41) is 4.90. The van der Waals surface area contributed by atoms with Gasteiger partial charge < -0.3 is 5.32 Å². The van der Waals surface area contributed by atoms with E-state index in [0.29, 0.717) is 0 Å². The summed E-state index contributed by atoms with van der Waals surface area (Å²) >= 11 is 0. The van der Waals surface area contributed by atoms with Crippen LogP contribution >= 0.6 is 0 Å². The average Bonchev–Trinajstić information content (AvgIpc) is 2.58. The van der Waals surface area contributed by atoms with Gasteiger partial charge in [-0.2, -0.15) is 0 Å². The van der Waals surface area contributed by atoms with Crippen molar-refractivity contribution in [3.8, 4) is 0 Å². The maximum atomic E-state index is 4.51. The SMILES string of the molecule is [C]1=C2CNC=C2N=c2ccccc2=N1. The molecule has 14 heavy (non-hydrogen) atoms. The van der Waals surface area contributed by atoms with Crippen LogP contribution in [0.4, 0.5) is 0 Å². The molecule has 0 saturated heterocycles. The van der Waals surface area contributed by atoms with E-state index in [1.54, 1.807) is 0 Å². The summed E-state index contributed by atoms with van der Waals surface area (Å²) < 4.78 is 0. The fourth-order valence-electron chi connectivity index (χ4n) is 1.53. The number of hydrogen-bond acceptors (Lipinski definition) is 3. The van der Waals surface area contributed by atoms with Crippen LogP contribution in [0.5, 0.6) is 0 Å². The molecule has 0 fully saturated rings. The first-order valence-electron chi connectivity index (χ1n) is 4.51. The molecule has 1 radical (unpaired) electrons. The molecule has 1 N–H and O–H groups in total. The van der Waals surface area contributed by atoms with Crippen LogP contribution in [0, 0.1) is 6.20 Å². The van der Waals surface area contributed by atoms with E-state index in [9.17, 15) is 0 Å². The molecule has 0 unspecified atom stereocenters. The monoisotopic (exact) mass is 182 g/mol. The van der Waals surface area contributed by atoms with E-state index in [1.807, 2.05) is 30.5 Å². The smallest absolute Gasteiger partial charge is 0.0970 e. The highest BCUT2D eigenvalue weighted by Gasteiger charge is 2.11. The Morgan fingerprint density at radius 1 is 1.21 bits per heavy atom. The molecule has 3 nitrogen and oxygen atoms in total. The predicted molar refractivity (Wildman–Crippen MR) is 51.6 cm³/mol. The lowest BCUT2D eigenvalue weighted by Crippen LogP contribution is -2.23. The molecule has 0 atom stereocenters. The third-order valence-corrected chi connectivity index (χ3v) is 2.26. The van der Waals surface area contributed by atoms with Gasteiger partial charge in [-0.15, -0.1) is 0 Å². The standard InChI is InChI=1S/C11H8N3/c1-2-4-10-9(3-1)13-6-8-5-12-7-11(8)14-10/h1-4,7,12H,5H2. The van der Waals surface area contributed by atoms with E-state index in [2.05, 4.69) is 21.5 Å². The van der Waals surface area contributed by atoms with Crippen molar-refractivity contribution in [3.05, 3.63) is 58.6 Å². The van der Waals surface area contributed by atoms with Gasteiger partial charge in [-0.25, -0.2) is 9.98 Å². The van der Waals surface area contributed by atoms with Crippen LogP contribution in [0.3, 0.4) is 0 Å². The summed E-state index contributed by atoms with van der Waals surface area (Å²) in [6, 6.07) is 7.83. The van der Waals surface area contributed by atoms with Crippen molar-refractivity contribution in [2.75, 3.05) is 6.54 Å². The van der Waals surface area contributed by atoms with Gasteiger partial charge in [0, 0.05) is 18.3 Å². The first-order valence-corrected chi connectivity index (χ1v) is 4.51. The summed E-state index contributed by atoms with van der Waals surface area (Å²) in [6.45, 7) is 0.774. The van der Waals surface area contributed by atoms with E-state index >= 15 is 0 Å². The number of hydrogen-bond donors (Lipinski definition) is 1. The summed E-state index contributed by atoms with van der Waals surface area (Å²) in [5.41, 5.74) is 1.97. The van der Waals surface area contributed by atoms with Gasteiger partial charge >= 0.3 is 0 Å². The predicted octanol–water partition coefficient (Wildman–Crippen LogP) is 0.0711. The highest BCUT2D eigenvalue weighted by atomic mass is 14.9.